The Bertz CT molecular complexity index is 508. The van der Waals surface area contributed by atoms with Crippen LogP contribution in [0.25, 0.3) is 0 Å². The Morgan fingerprint density at radius 1 is 1.00 bits per heavy atom. The first-order valence-corrected chi connectivity index (χ1v) is 5.83. The van der Waals surface area contributed by atoms with Crippen molar-refractivity contribution >= 4 is 11.5 Å². The van der Waals surface area contributed by atoms with Gasteiger partial charge in [-0.3, -0.25) is 4.79 Å². The fourth-order valence-corrected chi connectivity index (χ4v) is 1.66. The molecule has 0 saturated heterocycles. The summed E-state index contributed by atoms with van der Waals surface area (Å²) in [7, 11) is 0. The number of Topliss-reactive ketones (excluding diaryl/α,β-unsaturated/α-hetero) is 1. The van der Waals surface area contributed by atoms with E-state index < -0.39 is 0 Å². The van der Waals surface area contributed by atoms with Crippen molar-refractivity contribution < 1.29 is 9.18 Å². The fourth-order valence-electron chi connectivity index (χ4n) is 1.66. The number of anilines is 1. The molecule has 2 rings (SSSR count). The minimum atomic E-state index is -0.263. The van der Waals surface area contributed by atoms with Gasteiger partial charge in [0.25, 0.3) is 0 Å². The van der Waals surface area contributed by atoms with E-state index in [9.17, 15) is 9.18 Å². The summed E-state index contributed by atoms with van der Waals surface area (Å²) >= 11 is 0. The first-order chi connectivity index (χ1) is 8.75. The van der Waals surface area contributed by atoms with Crippen LogP contribution in [0.15, 0.2) is 54.6 Å². The van der Waals surface area contributed by atoms with E-state index in [1.54, 1.807) is 24.3 Å². The largest absolute Gasteiger partial charge is 0.385 e. The van der Waals surface area contributed by atoms with Gasteiger partial charge in [0.1, 0.15) is 5.82 Å². The molecule has 0 fully saturated rings. The molecule has 0 aliphatic rings. The molecule has 0 radical (unpaired) electrons. The van der Waals surface area contributed by atoms with Gasteiger partial charge in [0.05, 0.1) is 0 Å². The maximum atomic E-state index is 12.7. The van der Waals surface area contributed by atoms with E-state index in [1.165, 1.54) is 12.1 Å². The number of rotatable bonds is 5. The van der Waals surface area contributed by atoms with Gasteiger partial charge >= 0.3 is 0 Å². The predicted molar refractivity (Wildman–Crippen MR) is 70.3 cm³/mol. The average molecular weight is 243 g/mol. The highest BCUT2D eigenvalue weighted by Crippen LogP contribution is 2.09. The van der Waals surface area contributed by atoms with Crippen LogP contribution in [0, 0.1) is 5.82 Å². The lowest BCUT2D eigenvalue weighted by atomic mass is 10.1. The molecule has 1 N–H and O–H groups in total. The van der Waals surface area contributed by atoms with Gasteiger partial charge < -0.3 is 5.32 Å². The zero-order valence-electron chi connectivity index (χ0n) is 9.90. The molecule has 0 amide bonds. The van der Waals surface area contributed by atoms with Crippen LogP contribution in [0.5, 0.6) is 0 Å². The van der Waals surface area contributed by atoms with E-state index in [-0.39, 0.29) is 11.6 Å². The van der Waals surface area contributed by atoms with E-state index in [2.05, 4.69) is 5.32 Å². The molecular formula is C15H14FNO. The van der Waals surface area contributed by atoms with Gasteiger partial charge in [0.15, 0.2) is 5.78 Å². The number of halogens is 1. The van der Waals surface area contributed by atoms with Gasteiger partial charge in [-0.15, -0.1) is 0 Å². The number of nitrogens with one attached hydrogen (secondary N) is 1. The molecule has 0 aliphatic heterocycles. The summed E-state index contributed by atoms with van der Waals surface area (Å²) in [5.41, 5.74) is 1.54. The molecule has 0 heterocycles. The van der Waals surface area contributed by atoms with Crippen molar-refractivity contribution in [3.05, 3.63) is 66.0 Å². The minimum absolute atomic E-state index is 0.102. The highest BCUT2D eigenvalue weighted by atomic mass is 19.1. The van der Waals surface area contributed by atoms with E-state index in [4.69, 9.17) is 0 Å². The van der Waals surface area contributed by atoms with E-state index in [1.807, 2.05) is 18.2 Å². The van der Waals surface area contributed by atoms with E-state index >= 15 is 0 Å². The van der Waals surface area contributed by atoms with Crippen LogP contribution in [-0.2, 0) is 0 Å². The molecule has 92 valence electrons. The molecule has 0 bridgehead atoms. The molecule has 0 unspecified atom stereocenters. The van der Waals surface area contributed by atoms with Crippen LogP contribution in [0.4, 0.5) is 10.1 Å². The molecular weight excluding hydrogens is 229 g/mol. The summed E-state index contributed by atoms with van der Waals surface area (Å²) in [4.78, 5) is 11.8. The summed E-state index contributed by atoms with van der Waals surface area (Å²) in [6, 6.07) is 15.3. The van der Waals surface area contributed by atoms with Crippen LogP contribution < -0.4 is 5.32 Å². The van der Waals surface area contributed by atoms with Gasteiger partial charge in [0.2, 0.25) is 0 Å². The highest BCUT2D eigenvalue weighted by molar-refractivity contribution is 5.96. The van der Waals surface area contributed by atoms with Gasteiger partial charge in [-0.25, -0.2) is 4.39 Å². The fraction of sp³-hybridized carbons (Fsp3) is 0.133. The third kappa shape index (κ3) is 3.42. The zero-order valence-corrected chi connectivity index (χ0v) is 9.90. The summed E-state index contributed by atoms with van der Waals surface area (Å²) in [5.74, 6) is -0.161. The Labute approximate surface area is 105 Å². The van der Waals surface area contributed by atoms with Crippen molar-refractivity contribution in [2.24, 2.45) is 0 Å². The number of carbonyl (C=O) groups excluding carboxylic acids is 1. The zero-order chi connectivity index (χ0) is 12.8. The van der Waals surface area contributed by atoms with Crippen LogP contribution >= 0.6 is 0 Å². The van der Waals surface area contributed by atoms with Gasteiger partial charge in [-0.1, -0.05) is 30.3 Å². The van der Waals surface area contributed by atoms with Gasteiger partial charge in [-0.05, 0) is 24.3 Å². The number of hydrogen-bond donors (Lipinski definition) is 1. The maximum absolute atomic E-state index is 12.7. The third-order valence-electron chi connectivity index (χ3n) is 2.62. The third-order valence-corrected chi connectivity index (χ3v) is 2.62. The smallest absolute Gasteiger partial charge is 0.164 e. The molecule has 2 aromatic rings. The van der Waals surface area contributed by atoms with E-state index in [0.717, 1.165) is 11.3 Å². The highest BCUT2D eigenvalue weighted by Gasteiger charge is 2.04. The lowest BCUT2D eigenvalue weighted by Crippen LogP contribution is -2.08. The average Bonchev–Trinajstić information content (AvgIpc) is 2.42. The molecule has 0 spiro atoms. The topological polar surface area (TPSA) is 29.1 Å². The molecule has 2 aromatic carbocycles. The molecule has 18 heavy (non-hydrogen) atoms. The van der Waals surface area contributed by atoms with Crippen molar-refractivity contribution in [3.63, 3.8) is 0 Å². The maximum Gasteiger partial charge on any atom is 0.164 e. The Kier molecular flexibility index (Phi) is 4.07. The molecule has 2 nitrogen and oxygen atoms in total. The summed E-state index contributed by atoms with van der Waals surface area (Å²) in [5, 5.41) is 3.09. The normalized spacial score (nSPS) is 10.1. The van der Waals surface area contributed by atoms with E-state index in [0.29, 0.717) is 13.0 Å². The van der Waals surface area contributed by atoms with Crippen LogP contribution in [0.2, 0.25) is 0 Å². The minimum Gasteiger partial charge on any atom is -0.385 e. The Morgan fingerprint density at radius 2 is 1.67 bits per heavy atom. The van der Waals surface area contributed by atoms with Crippen LogP contribution in [0.1, 0.15) is 16.8 Å². The number of carbonyl (C=O) groups is 1. The van der Waals surface area contributed by atoms with Crippen molar-refractivity contribution in [1.29, 1.82) is 0 Å². The first kappa shape index (κ1) is 12.3. The second-order valence-electron chi connectivity index (χ2n) is 3.97. The lowest BCUT2D eigenvalue weighted by Gasteiger charge is -2.05. The monoisotopic (exact) mass is 243 g/mol. The van der Waals surface area contributed by atoms with Crippen LogP contribution in [0.3, 0.4) is 0 Å². The second kappa shape index (κ2) is 5.96. The van der Waals surface area contributed by atoms with Gasteiger partial charge in [-0.2, -0.15) is 0 Å². The van der Waals surface area contributed by atoms with Crippen molar-refractivity contribution in [1.82, 2.24) is 0 Å². The number of ketones is 1. The predicted octanol–water partition coefficient (Wildman–Crippen LogP) is 3.51. The Morgan fingerprint density at radius 3 is 2.33 bits per heavy atom. The Hall–Kier alpha value is -2.16. The number of hydrogen-bond acceptors (Lipinski definition) is 2. The second-order valence-corrected chi connectivity index (χ2v) is 3.97. The van der Waals surface area contributed by atoms with Gasteiger partial charge in [0, 0.05) is 24.2 Å². The molecule has 3 heteroatoms. The number of benzene rings is 2. The molecule has 0 aliphatic carbocycles. The summed E-state index contributed by atoms with van der Waals surface area (Å²) < 4.78 is 12.7. The lowest BCUT2D eigenvalue weighted by molar-refractivity contribution is 0.0986. The quantitative estimate of drug-likeness (QED) is 0.814. The molecule has 0 atom stereocenters. The van der Waals surface area contributed by atoms with Crippen molar-refractivity contribution in [3.8, 4) is 0 Å². The molecule has 0 aromatic heterocycles. The summed E-state index contributed by atoms with van der Waals surface area (Å²) in [6.07, 6.45) is 0.418. The Balaban J connectivity index is 1.82. The summed E-state index contributed by atoms with van der Waals surface area (Å²) in [6.45, 7) is 0.541. The first-order valence-electron chi connectivity index (χ1n) is 5.83. The van der Waals surface area contributed by atoms with Crippen LogP contribution in [-0.4, -0.2) is 12.3 Å². The standard InChI is InChI=1S/C15H14FNO/c16-13-6-8-14(9-7-13)17-11-10-15(18)12-4-2-1-3-5-12/h1-9,17H,10-11H2. The van der Waals surface area contributed by atoms with Crippen molar-refractivity contribution in [2.75, 3.05) is 11.9 Å². The SMILES string of the molecule is O=C(CCNc1ccc(F)cc1)c1ccccc1. The molecule has 0 saturated carbocycles. The van der Waals surface area contributed by atoms with Crippen molar-refractivity contribution in [2.45, 2.75) is 6.42 Å².